The van der Waals surface area contributed by atoms with Crippen LogP contribution >= 0.6 is 0 Å². The number of carbonyl (C=O) groups is 1. The zero-order chi connectivity index (χ0) is 16.9. The van der Waals surface area contributed by atoms with Crippen molar-refractivity contribution in [3.8, 4) is 17.0 Å². The van der Waals surface area contributed by atoms with E-state index in [1.807, 2.05) is 48.5 Å². The van der Waals surface area contributed by atoms with Crippen LogP contribution in [0.3, 0.4) is 0 Å². The molecule has 0 bridgehead atoms. The first-order chi connectivity index (χ1) is 11.7. The van der Waals surface area contributed by atoms with E-state index in [2.05, 4.69) is 11.9 Å². The number of nitrogens with two attached hydrogens (primary N) is 1. The van der Waals surface area contributed by atoms with Crippen LogP contribution < -0.4 is 10.5 Å². The minimum Gasteiger partial charge on any atom is -0.494 e. The summed E-state index contributed by atoms with van der Waals surface area (Å²) in [6.45, 7) is 2.85. The number of aromatic nitrogens is 1. The first-order valence-electron chi connectivity index (χ1n) is 8.12. The quantitative estimate of drug-likeness (QED) is 0.693. The molecule has 24 heavy (non-hydrogen) atoms. The number of unbranched alkanes of at least 4 members (excludes halogenated alkanes) is 1. The Morgan fingerprint density at radius 3 is 2.58 bits per heavy atom. The van der Waals surface area contributed by atoms with E-state index in [0.717, 1.165) is 47.4 Å². The zero-order valence-corrected chi connectivity index (χ0v) is 13.7. The third kappa shape index (κ3) is 3.38. The fraction of sp³-hybridized carbons (Fsp3) is 0.200. The van der Waals surface area contributed by atoms with Gasteiger partial charge in [-0.3, -0.25) is 4.79 Å². The molecule has 0 spiro atoms. The summed E-state index contributed by atoms with van der Waals surface area (Å²) in [5.41, 5.74) is 8.42. The van der Waals surface area contributed by atoms with Crippen LogP contribution in [0.4, 0.5) is 0 Å². The summed E-state index contributed by atoms with van der Waals surface area (Å²) in [5.74, 6) is 0.387. The van der Waals surface area contributed by atoms with Crippen LogP contribution in [0.15, 0.2) is 54.6 Å². The Labute approximate surface area is 141 Å². The first kappa shape index (κ1) is 16.0. The predicted octanol–water partition coefficient (Wildman–Crippen LogP) is 4.18. The van der Waals surface area contributed by atoms with E-state index in [9.17, 15) is 4.79 Å². The minimum atomic E-state index is -0.450. The highest BCUT2D eigenvalue weighted by Gasteiger charge is 2.11. The van der Waals surface area contributed by atoms with Gasteiger partial charge in [-0.1, -0.05) is 31.5 Å². The molecule has 4 nitrogen and oxygen atoms in total. The number of primary amides is 1. The molecule has 0 saturated heterocycles. The van der Waals surface area contributed by atoms with Gasteiger partial charge in [-0.05, 0) is 42.8 Å². The summed E-state index contributed by atoms with van der Waals surface area (Å²) in [6.07, 6.45) is 2.14. The fourth-order valence-corrected chi connectivity index (χ4v) is 2.58. The lowest BCUT2D eigenvalue weighted by Gasteiger charge is -2.09. The molecule has 0 radical (unpaired) electrons. The van der Waals surface area contributed by atoms with Crippen molar-refractivity contribution in [3.63, 3.8) is 0 Å². The summed E-state index contributed by atoms with van der Waals surface area (Å²) in [4.78, 5) is 16.4. The number of hydrogen-bond donors (Lipinski definition) is 1. The van der Waals surface area contributed by atoms with Crippen LogP contribution in [-0.4, -0.2) is 17.5 Å². The fourth-order valence-electron chi connectivity index (χ4n) is 2.58. The predicted molar refractivity (Wildman–Crippen MR) is 96.1 cm³/mol. The normalized spacial score (nSPS) is 10.7. The van der Waals surface area contributed by atoms with Crippen LogP contribution in [0.2, 0.25) is 0 Å². The highest BCUT2D eigenvalue weighted by atomic mass is 16.5. The summed E-state index contributed by atoms with van der Waals surface area (Å²) < 4.78 is 5.67. The third-order valence-corrected chi connectivity index (χ3v) is 3.90. The monoisotopic (exact) mass is 320 g/mol. The standard InChI is InChI=1S/C20H20N2O2/c1-2-3-12-24-15-10-8-14(9-11-15)19-13-17(20(21)23)16-6-4-5-7-18(16)22-19/h4-11,13H,2-3,12H2,1H3,(H2,21,23). The minimum absolute atomic E-state index is 0.450. The Morgan fingerprint density at radius 2 is 1.88 bits per heavy atom. The van der Waals surface area contributed by atoms with Crippen molar-refractivity contribution in [3.05, 3.63) is 60.2 Å². The second-order valence-electron chi connectivity index (χ2n) is 5.66. The van der Waals surface area contributed by atoms with E-state index >= 15 is 0 Å². The topological polar surface area (TPSA) is 65.2 Å². The molecule has 2 N–H and O–H groups in total. The summed E-state index contributed by atoms with van der Waals surface area (Å²) in [7, 11) is 0. The van der Waals surface area contributed by atoms with Gasteiger partial charge in [-0.25, -0.2) is 4.98 Å². The van der Waals surface area contributed by atoms with E-state index in [-0.39, 0.29) is 0 Å². The second-order valence-corrected chi connectivity index (χ2v) is 5.66. The largest absolute Gasteiger partial charge is 0.494 e. The maximum absolute atomic E-state index is 11.8. The molecule has 1 aromatic heterocycles. The van der Waals surface area contributed by atoms with E-state index in [0.29, 0.717) is 5.56 Å². The Balaban J connectivity index is 1.95. The molecular formula is C20H20N2O2. The lowest BCUT2D eigenvalue weighted by molar-refractivity contribution is 0.100. The first-order valence-corrected chi connectivity index (χ1v) is 8.12. The van der Waals surface area contributed by atoms with Gasteiger partial charge in [0.05, 0.1) is 23.4 Å². The molecule has 1 heterocycles. The molecule has 0 aliphatic rings. The SMILES string of the molecule is CCCCOc1ccc(-c2cc(C(N)=O)c3ccccc3n2)cc1. The van der Waals surface area contributed by atoms with Gasteiger partial charge < -0.3 is 10.5 Å². The molecule has 1 amide bonds. The maximum atomic E-state index is 11.8. The van der Waals surface area contributed by atoms with Crippen molar-refractivity contribution >= 4 is 16.8 Å². The van der Waals surface area contributed by atoms with Gasteiger partial charge in [-0.2, -0.15) is 0 Å². The molecule has 3 aromatic rings. The molecule has 0 fully saturated rings. The molecule has 0 aliphatic carbocycles. The molecule has 2 aromatic carbocycles. The molecule has 4 heteroatoms. The van der Waals surface area contributed by atoms with Gasteiger partial charge >= 0.3 is 0 Å². The number of nitrogens with zero attached hydrogens (tertiary/aromatic N) is 1. The van der Waals surface area contributed by atoms with E-state index < -0.39 is 5.91 Å². The Hall–Kier alpha value is -2.88. The van der Waals surface area contributed by atoms with Gasteiger partial charge in [-0.15, -0.1) is 0 Å². The maximum Gasteiger partial charge on any atom is 0.249 e. The Morgan fingerprint density at radius 1 is 1.12 bits per heavy atom. The van der Waals surface area contributed by atoms with Gasteiger partial charge in [0.2, 0.25) is 5.91 Å². The van der Waals surface area contributed by atoms with Crippen molar-refractivity contribution in [2.45, 2.75) is 19.8 Å². The van der Waals surface area contributed by atoms with Crippen LogP contribution in [-0.2, 0) is 0 Å². The van der Waals surface area contributed by atoms with Crippen molar-refractivity contribution in [1.82, 2.24) is 4.98 Å². The number of para-hydroxylation sites is 1. The van der Waals surface area contributed by atoms with Crippen LogP contribution in [0, 0.1) is 0 Å². The highest BCUT2D eigenvalue weighted by molar-refractivity contribution is 6.06. The lowest BCUT2D eigenvalue weighted by atomic mass is 10.0. The van der Waals surface area contributed by atoms with Crippen molar-refractivity contribution in [2.24, 2.45) is 5.73 Å². The molecule has 0 saturated carbocycles. The Bertz CT molecular complexity index is 857. The lowest BCUT2D eigenvalue weighted by Crippen LogP contribution is -2.12. The van der Waals surface area contributed by atoms with Crippen LogP contribution in [0.25, 0.3) is 22.2 Å². The average Bonchev–Trinajstić information content (AvgIpc) is 2.61. The number of amides is 1. The van der Waals surface area contributed by atoms with Crippen molar-refractivity contribution in [1.29, 1.82) is 0 Å². The summed E-state index contributed by atoms with van der Waals surface area (Å²) >= 11 is 0. The summed E-state index contributed by atoms with van der Waals surface area (Å²) in [6, 6.07) is 17.0. The highest BCUT2D eigenvalue weighted by Crippen LogP contribution is 2.26. The number of rotatable bonds is 6. The molecule has 3 rings (SSSR count). The van der Waals surface area contributed by atoms with Crippen molar-refractivity contribution in [2.75, 3.05) is 6.61 Å². The molecule has 0 atom stereocenters. The van der Waals surface area contributed by atoms with Crippen LogP contribution in [0.1, 0.15) is 30.1 Å². The molecular weight excluding hydrogens is 300 g/mol. The molecule has 0 aliphatic heterocycles. The zero-order valence-electron chi connectivity index (χ0n) is 13.7. The third-order valence-electron chi connectivity index (χ3n) is 3.90. The molecule has 0 unspecified atom stereocenters. The van der Waals surface area contributed by atoms with E-state index in [1.165, 1.54) is 0 Å². The number of pyridine rings is 1. The Kier molecular flexibility index (Phi) is 4.75. The van der Waals surface area contributed by atoms with E-state index in [4.69, 9.17) is 10.5 Å². The molecule has 122 valence electrons. The number of fused-ring (bicyclic) bond motifs is 1. The number of hydrogen-bond acceptors (Lipinski definition) is 3. The van der Waals surface area contributed by atoms with Crippen LogP contribution in [0.5, 0.6) is 5.75 Å². The van der Waals surface area contributed by atoms with Gasteiger partial charge in [0.1, 0.15) is 5.75 Å². The second kappa shape index (κ2) is 7.13. The summed E-state index contributed by atoms with van der Waals surface area (Å²) in [5, 5.41) is 0.772. The number of carbonyl (C=O) groups excluding carboxylic acids is 1. The average molecular weight is 320 g/mol. The van der Waals surface area contributed by atoms with Gasteiger partial charge in [0.25, 0.3) is 0 Å². The smallest absolute Gasteiger partial charge is 0.249 e. The van der Waals surface area contributed by atoms with Gasteiger partial charge in [0.15, 0.2) is 0 Å². The van der Waals surface area contributed by atoms with Gasteiger partial charge in [0, 0.05) is 10.9 Å². The number of ether oxygens (including phenoxy) is 1. The van der Waals surface area contributed by atoms with Crippen molar-refractivity contribution < 1.29 is 9.53 Å². The van der Waals surface area contributed by atoms with E-state index in [1.54, 1.807) is 6.07 Å². The number of benzene rings is 2.